The second kappa shape index (κ2) is 10.5. The number of nitrogens with zero attached hydrogens (tertiary/aromatic N) is 5. The average Bonchev–Trinajstić information content (AvgIpc) is 3.42. The largest absolute Gasteiger partial charge is 0.465 e. The van der Waals surface area contributed by atoms with Gasteiger partial charge in [0.1, 0.15) is 5.76 Å². The Morgan fingerprint density at radius 2 is 1.44 bits per heavy atom. The van der Waals surface area contributed by atoms with Crippen molar-refractivity contribution in [2.45, 2.75) is 38.5 Å². The van der Waals surface area contributed by atoms with Crippen LogP contribution in [0.3, 0.4) is 0 Å². The fraction of sp³-hybridized carbons (Fsp3) is 0.385. The summed E-state index contributed by atoms with van der Waals surface area (Å²) in [6.45, 7) is 3.91. The van der Waals surface area contributed by atoms with Crippen LogP contribution in [0.1, 0.15) is 54.6 Å². The minimum absolute atomic E-state index is 0.0807. The third-order valence-electron chi connectivity index (χ3n) is 6.26. The molecule has 3 aromatic rings. The monoisotopic (exact) mass is 458 g/mol. The number of ketones is 1. The Balaban J connectivity index is 1.33. The van der Waals surface area contributed by atoms with Crippen molar-refractivity contribution < 1.29 is 9.21 Å². The highest BCUT2D eigenvalue weighted by Gasteiger charge is 2.20. The number of hydrogen-bond acceptors (Lipinski definition) is 8. The van der Waals surface area contributed by atoms with Gasteiger partial charge in [-0.2, -0.15) is 15.0 Å². The van der Waals surface area contributed by atoms with Crippen molar-refractivity contribution in [3.05, 3.63) is 60.1 Å². The molecule has 2 aromatic heterocycles. The summed E-state index contributed by atoms with van der Waals surface area (Å²) in [5, 5.41) is 3.32. The summed E-state index contributed by atoms with van der Waals surface area (Å²) in [6.07, 6.45) is 11.9. The van der Waals surface area contributed by atoms with Gasteiger partial charge in [0.2, 0.25) is 17.8 Å². The molecule has 2 aliphatic rings. The molecule has 0 aliphatic carbocycles. The van der Waals surface area contributed by atoms with Crippen LogP contribution in [0.4, 0.5) is 23.5 Å². The first-order valence-corrected chi connectivity index (χ1v) is 12.1. The predicted octanol–water partition coefficient (Wildman–Crippen LogP) is 5.08. The highest BCUT2D eigenvalue weighted by molar-refractivity contribution is 6.06. The first-order chi connectivity index (χ1) is 16.7. The van der Waals surface area contributed by atoms with E-state index >= 15 is 0 Å². The van der Waals surface area contributed by atoms with Crippen LogP contribution < -0.4 is 15.1 Å². The zero-order valence-corrected chi connectivity index (χ0v) is 19.3. The summed E-state index contributed by atoms with van der Waals surface area (Å²) in [6, 6.07) is 10.9. The highest BCUT2D eigenvalue weighted by Crippen LogP contribution is 2.24. The fourth-order valence-electron chi connectivity index (χ4n) is 4.37. The molecule has 0 bridgehead atoms. The van der Waals surface area contributed by atoms with Gasteiger partial charge in [-0.15, -0.1) is 0 Å². The van der Waals surface area contributed by atoms with Crippen molar-refractivity contribution in [2.75, 3.05) is 41.3 Å². The van der Waals surface area contributed by atoms with E-state index in [2.05, 4.69) is 15.1 Å². The van der Waals surface area contributed by atoms with Gasteiger partial charge in [-0.25, -0.2) is 0 Å². The fourth-order valence-corrected chi connectivity index (χ4v) is 4.37. The summed E-state index contributed by atoms with van der Waals surface area (Å²) in [5.74, 6) is 2.59. The minimum Gasteiger partial charge on any atom is -0.465 e. The van der Waals surface area contributed by atoms with E-state index in [0.717, 1.165) is 69.4 Å². The van der Waals surface area contributed by atoms with Gasteiger partial charge in [0.15, 0.2) is 5.78 Å². The van der Waals surface area contributed by atoms with E-state index in [0.29, 0.717) is 17.3 Å². The maximum absolute atomic E-state index is 12.5. The summed E-state index contributed by atoms with van der Waals surface area (Å²) >= 11 is 0. The summed E-state index contributed by atoms with van der Waals surface area (Å²) in [5.41, 5.74) is 1.43. The lowest BCUT2D eigenvalue weighted by molar-refractivity contribution is 0.104. The Kier molecular flexibility index (Phi) is 6.84. The Morgan fingerprint density at radius 3 is 2.00 bits per heavy atom. The summed E-state index contributed by atoms with van der Waals surface area (Å²) in [4.78, 5) is 31.3. The van der Waals surface area contributed by atoms with Crippen LogP contribution in [0.2, 0.25) is 0 Å². The molecule has 0 atom stereocenters. The average molecular weight is 459 g/mol. The Hall–Kier alpha value is -3.68. The lowest BCUT2D eigenvalue weighted by Crippen LogP contribution is -2.34. The van der Waals surface area contributed by atoms with Crippen LogP contribution in [-0.2, 0) is 0 Å². The molecule has 34 heavy (non-hydrogen) atoms. The van der Waals surface area contributed by atoms with Gasteiger partial charge in [-0.1, -0.05) is 0 Å². The molecule has 0 amide bonds. The maximum atomic E-state index is 12.5. The van der Waals surface area contributed by atoms with Gasteiger partial charge in [-0.05, 0) is 87.1 Å². The van der Waals surface area contributed by atoms with Gasteiger partial charge in [0, 0.05) is 37.4 Å². The second-order valence-corrected chi connectivity index (χ2v) is 8.77. The molecule has 1 aromatic carbocycles. The summed E-state index contributed by atoms with van der Waals surface area (Å²) in [7, 11) is 0. The van der Waals surface area contributed by atoms with E-state index in [4.69, 9.17) is 19.4 Å². The van der Waals surface area contributed by atoms with Gasteiger partial charge in [-0.3, -0.25) is 4.79 Å². The molecule has 2 fully saturated rings. The number of rotatable bonds is 7. The molecule has 0 spiro atoms. The Bertz CT molecular complexity index is 1080. The Morgan fingerprint density at radius 1 is 0.824 bits per heavy atom. The molecule has 0 saturated carbocycles. The molecule has 0 unspecified atom stereocenters. The lowest BCUT2D eigenvalue weighted by atomic mass is 10.1. The smallest absolute Gasteiger partial charge is 0.233 e. The van der Waals surface area contributed by atoms with Gasteiger partial charge >= 0.3 is 0 Å². The van der Waals surface area contributed by atoms with Gasteiger partial charge in [0.25, 0.3) is 0 Å². The number of allylic oxidation sites excluding steroid dienone is 1. The molecule has 2 saturated heterocycles. The van der Waals surface area contributed by atoms with Crippen LogP contribution in [0.15, 0.2) is 53.2 Å². The van der Waals surface area contributed by atoms with Crippen LogP contribution in [0, 0.1) is 0 Å². The molecule has 2 aliphatic heterocycles. The molecular formula is C26H30N6O2. The number of furan rings is 1. The predicted molar refractivity (Wildman–Crippen MR) is 134 cm³/mol. The zero-order valence-electron chi connectivity index (χ0n) is 19.3. The van der Waals surface area contributed by atoms with Crippen molar-refractivity contribution in [1.29, 1.82) is 0 Å². The normalized spacial score (nSPS) is 16.7. The lowest BCUT2D eigenvalue weighted by Gasteiger charge is -2.30. The van der Waals surface area contributed by atoms with Gasteiger partial charge in [0.05, 0.1) is 6.26 Å². The number of benzene rings is 1. The number of anilines is 4. The van der Waals surface area contributed by atoms with E-state index in [1.807, 2.05) is 18.2 Å². The van der Waals surface area contributed by atoms with E-state index in [1.165, 1.54) is 18.9 Å². The number of hydrogen-bond donors (Lipinski definition) is 1. The first-order valence-electron chi connectivity index (χ1n) is 12.1. The number of carbonyl (C=O) groups excluding carboxylic acids is 1. The van der Waals surface area contributed by atoms with Crippen LogP contribution in [0.5, 0.6) is 0 Å². The number of piperidine rings is 2. The molecule has 4 heterocycles. The number of carbonyl (C=O) groups is 1. The van der Waals surface area contributed by atoms with Crippen molar-refractivity contribution in [3.63, 3.8) is 0 Å². The van der Waals surface area contributed by atoms with Crippen molar-refractivity contribution >= 4 is 35.4 Å². The van der Waals surface area contributed by atoms with Crippen molar-refractivity contribution in [3.8, 4) is 0 Å². The first kappa shape index (κ1) is 22.1. The standard InChI is InChI=1S/C26H30N6O2/c33-23(14-13-22-8-7-19-34-22)20-9-11-21(12-10-20)27-24-28-25(31-15-3-1-4-16-31)30-26(29-24)32-17-5-2-6-18-32/h7-14,19H,1-6,15-18H2,(H,27,28,29,30)/b14-13+. The number of aromatic nitrogens is 3. The Labute approximate surface area is 199 Å². The zero-order chi connectivity index (χ0) is 23.2. The third-order valence-corrected chi connectivity index (χ3v) is 6.26. The van der Waals surface area contributed by atoms with Gasteiger partial charge < -0.3 is 19.5 Å². The van der Waals surface area contributed by atoms with Crippen molar-refractivity contribution in [1.82, 2.24) is 15.0 Å². The van der Waals surface area contributed by atoms with Crippen molar-refractivity contribution in [2.24, 2.45) is 0 Å². The topological polar surface area (TPSA) is 87.4 Å². The molecule has 1 N–H and O–H groups in total. The van der Waals surface area contributed by atoms with Crippen LogP contribution in [0.25, 0.3) is 6.08 Å². The third kappa shape index (κ3) is 5.44. The molecule has 8 heteroatoms. The summed E-state index contributed by atoms with van der Waals surface area (Å²) < 4.78 is 5.24. The highest BCUT2D eigenvalue weighted by atomic mass is 16.3. The minimum atomic E-state index is -0.0807. The van der Waals surface area contributed by atoms with E-state index in [1.54, 1.807) is 30.5 Å². The van der Waals surface area contributed by atoms with E-state index in [-0.39, 0.29) is 5.78 Å². The van der Waals surface area contributed by atoms with Crippen LogP contribution in [-0.4, -0.2) is 46.9 Å². The molecular weight excluding hydrogens is 428 g/mol. The molecule has 5 rings (SSSR count). The van der Waals surface area contributed by atoms with E-state index in [9.17, 15) is 4.79 Å². The van der Waals surface area contributed by atoms with E-state index < -0.39 is 0 Å². The van der Waals surface area contributed by atoms with Crippen LogP contribution >= 0.6 is 0 Å². The molecule has 8 nitrogen and oxygen atoms in total. The quantitative estimate of drug-likeness (QED) is 0.387. The molecule has 0 radical (unpaired) electrons. The molecule has 176 valence electrons. The maximum Gasteiger partial charge on any atom is 0.233 e. The SMILES string of the molecule is O=C(/C=C/c1ccco1)c1ccc(Nc2nc(N3CCCCC3)nc(N3CCCCC3)n2)cc1. The second-order valence-electron chi connectivity index (χ2n) is 8.77. The number of nitrogens with one attached hydrogen (secondary N) is 1.